The zero-order valence-corrected chi connectivity index (χ0v) is 9.71. The molecule has 86 valence electrons. The van der Waals surface area contributed by atoms with Gasteiger partial charge in [-0.25, -0.2) is 4.98 Å². The van der Waals surface area contributed by atoms with Crippen LogP contribution in [-0.2, 0) is 12.8 Å². The predicted molar refractivity (Wildman–Crippen MR) is 66.0 cm³/mol. The molecule has 1 aliphatic carbocycles. The largest absolute Gasteiger partial charge is 0.354 e. The summed E-state index contributed by atoms with van der Waals surface area (Å²) >= 11 is 0. The van der Waals surface area contributed by atoms with E-state index in [9.17, 15) is 0 Å². The van der Waals surface area contributed by atoms with Gasteiger partial charge in [-0.3, -0.25) is 0 Å². The Bertz CT molecular complexity index is 369. The summed E-state index contributed by atoms with van der Waals surface area (Å²) in [5, 5.41) is 3.38. The minimum Gasteiger partial charge on any atom is -0.354 e. The fourth-order valence-electron chi connectivity index (χ4n) is 2.67. The third kappa shape index (κ3) is 1.92. The topological polar surface area (TPSA) is 28.2 Å². The molecule has 0 radical (unpaired) electrons. The molecule has 0 unspecified atom stereocenters. The van der Waals surface area contributed by atoms with E-state index in [1.165, 1.54) is 42.6 Å². The lowest BCUT2D eigenvalue weighted by Gasteiger charge is -2.29. The van der Waals surface area contributed by atoms with Crippen molar-refractivity contribution in [2.75, 3.05) is 31.1 Å². The maximum Gasteiger partial charge on any atom is 0.128 e. The van der Waals surface area contributed by atoms with Crippen LogP contribution < -0.4 is 10.2 Å². The van der Waals surface area contributed by atoms with Crippen molar-refractivity contribution < 1.29 is 0 Å². The Morgan fingerprint density at radius 1 is 1.06 bits per heavy atom. The van der Waals surface area contributed by atoms with Crippen molar-refractivity contribution in [3.63, 3.8) is 0 Å². The number of nitrogens with zero attached hydrogens (tertiary/aromatic N) is 2. The summed E-state index contributed by atoms with van der Waals surface area (Å²) in [5.74, 6) is 1.18. The molecule has 2 heterocycles. The molecule has 1 N–H and O–H groups in total. The number of aromatic nitrogens is 1. The van der Waals surface area contributed by atoms with Gasteiger partial charge >= 0.3 is 0 Å². The van der Waals surface area contributed by atoms with E-state index in [1.807, 2.05) is 0 Å². The number of fused-ring (bicyclic) bond motifs is 1. The molecule has 1 aliphatic heterocycles. The van der Waals surface area contributed by atoms with E-state index < -0.39 is 0 Å². The van der Waals surface area contributed by atoms with Crippen molar-refractivity contribution in [2.24, 2.45) is 0 Å². The van der Waals surface area contributed by atoms with Gasteiger partial charge in [-0.2, -0.15) is 0 Å². The van der Waals surface area contributed by atoms with Crippen molar-refractivity contribution in [3.8, 4) is 0 Å². The van der Waals surface area contributed by atoms with Crippen LogP contribution in [0.1, 0.15) is 24.0 Å². The summed E-state index contributed by atoms with van der Waals surface area (Å²) in [5.41, 5.74) is 3.01. The second-order valence-corrected chi connectivity index (χ2v) is 4.76. The normalized spacial score (nSPS) is 20.6. The molecule has 3 rings (SSSR count). The van der Waals surface area contributed by atoms with Crippen LogP contribution in [0.3, 0.4) is 0 Å². The van der Waals surface area contributed by atoms with E-state index in [1.54, 1.807) is 0 Å². The lowest BCUT2D eigenvalue weighted by molar-refractivity contribution is 0.583. The van der Waals surface area contributed by atoms with E-state index >= 15 is 0 Å². The van der Waals surface area contributed by atoms with Gasteiger partial charge in [0.15, 0.2) is 0 Å². The Hall–Kier alpha value is -1.09. The molecule has 0 bridgehead atoms. The minimum absolute atomic E-state index is 1.08. The third-order valence-electron chi connectivity index (χ3n) is 3.65. The highest BCUT2D eigenvalue weighted by molar-refractivity contribution is 5.45. The monoisotopic (exact) mass is 217 g/mol. The maximum absolute atomic E-state index is 4.61. The molecule has 3 heteroatoms. The average molecular weight is 217 g/mol. The summed E-state index contributed by atoms with van der Waals surface area (Å²) in [6.45, 7) is 4.34. The first-order chi connectivity index (χ1) is 7.93. The Morgan fingerprint density at radius 3 is 2.62 bits per heavy atom. The molecule has 1 aromatic rings. The summed E-state index contributed by atoms with van der Waals surface area (Å²) < 4.78 is 0. The Balaban J connectivity index is 1.84. The Labute approximate surface area is 96.9 Å². The third-order valence-corrected chi connectivity index (χ3v) is 3.65. The second-order valence-electron chi connectivity index (χ2n) is 4.76. The summed E-state index contributed by atoms with van der Waals surface area (Å²) in [7, 11) is 0. The fraction of sp³-hybridized carbons (Fsp3) is 0.615. The number of hydrogen-bond acceptors (Lipinski definition) is 3. The van der Waals surface area contributed by atoms with Crippen molar-refractivity contribution in [3.05, 3.63) is 23.4 Å². The summed E-state index contributed by atoms with van der Waals surface area (Å²) in [6, 6.07) is 2.32. The lowest BCUT2D eigenvalue weighted by Crippen LogP contribution is -2.43. The highest BCUT2D eigenvalue weighted by Gasteiger charge is 2.15. The van der Waals surface area contributed by atoms with Gasteiger partial charge in [-0.15, -0.1) is 0 Å². The van der Waals surface area contributed by atoms with Gasteiger partial charge in [0.05, 0.1) is 0 Å². The molecule has 1 fully saturated rings. The number of pyridine rings is 1. The zero-order valence-electron chi connectivity index (χ0n) is 9.71. The van der Waals surface area contributed by atoms with Crippen LogP contribution in [-0.4, -0.2) is 31.2 Å². The van der Waals surface area contributed by atoms with Gasteiger partial charge in [0, 0.05) is 32.4 Å². The van der Waals surface area contributed by atoms with Crippen LogP contribution in [0.4, 0.5) is 5.82 Å². The molecule has 0 spiro atoms. The number of anilines is 1. The SMILES string of the molecule is c1nc(N2CCNCC2)cc2c1CCCC2. The van der Waals surface area contributed by atoms with Gasteiger partial charge in [-0.1, -0.05) is 0 Å². The van der Waals surface area contributed by atoms with Crippen molar-refractivity contribution in [1.82, 2.24) is 10.3 Å². The van der Waals surface area contributed by atoms with Crippen LogP contribution in [0.15, 0.2) is 12.3 Å². The summed E-state index contributed by atoms with van der Waals surface area (Å²) in [4.78, 5) is 7.01. The molecule has 0 atom stereocenters. The maximum atomic E-state index is 4.61. The minimum atomic E-state index is 1.08. The number of piperazine rings is 1. The van der Waals surface area contributed by atoms with Gasteiger partial charge in [0.1, 0.15) is 5.82 Å². The Morgan fingerprint density at radius 2 is 1.81 bits per heavy atom. The molecule has 0 saturated carbocycles. The van der Waals surface area contributed by atoms with Gasteiger partial charge in [0.2, 0.25) is 0 Å². The van der Waals surface area contributed by atoms with Crippen molar-refractivity contribution in [2.45, 2.75) is 25.7 Å². The quantitative estimate of drug-likeness (QED) is 0.770. The molecular formula is C13H19N3. The van der Waals surface area contributed by atoms with E-state index in [0.717, 1.165) is 26.2 Å². The molecule has 1 aromatic heterocycles. The van der Waals surface area contributed by atoms with Crippen LogP contribution in [0.2, 0.25) is 0 Å². The summed E-state index contributed by atoms with van der Waals surface area (Å²) in [6.07, 6.45) is 7.26. The number of rotatable bonds is 1. The molecular weight excluding hydrogens is 198 g/mol. The standard InChI is InChI=1S/C13H19N3/c1-2-4-12-10-15-13(9-11(12)3-1)16-7-5-14-6-8-16/h9-10,14H,1-8H2. The van der Waals surface area contributed by atoms with Crippen LogP contribution in [0.5, 0.6) is 0 Å². The first-order valence-electron chi connectivity index (χ1n) is 6.37. The van der Waals surface area contributed by atoms with Crippen LogP contribution in [0, 0.1) is 0 Å². The zero-order chi connectivity index (χ0) is 10.8. The van der Waals surface area contributed by atoms with E-state index in [0.29, 0.717) is 0 Å². The van der Waals surface area contributed by atoms with E-state index in [2.05, 4.69) is 27.5 Å². The molecule has 1 saturated heterocycles. The van der Waals surface area contributed by atoms with Gasteiger partial charge in [-0.05, 0) is 42.9 Å². The number of hydrogen-bond donors (Lipinski definition) is 1. The lowest BCUT2D eigenvalue weighted by atomic mass is 9.93. The average Bonchev–Trinajstić information content (AvgIpc) is 2.39. The smallest absolute Gasteiger partial charge is 0.128 e. The van der Waals surface area contributed by atoms with E-state index in [4.69, 9.17) is 0 Å². The second kappa shape index (κ2) is 4.42. The van der Waals surface area contributed by atoms with E-state index in [-0.39, 0.29) is 0 Å². The molecule has 0 amide bonds. The van der Waals surface area contributed by atoms with Crippen LogP contribution >= 0.6 is 0 Å². The highest BCUT2D eigenvalue weighted by Crippen LogP contribution is 2.24. The predicted octanol–water partition coefficient (Wildman–Crippen LogP) is 1.37. The number of nitrogens with one attached hydrogen (secondary N) is 1. The number of aryl methyl sites for hydroxylation is 2. The van der Waals surface area contributed by atoms with Crippen molar-refractivity contribution >= 4 is 5.82 Å². The molecule has 3 nitrogen and oxygen atoms in total. The molecule has 2 aliphatic rings. The molecule has 0 aromatic carbocycles. The van der Waals surface area contributed by atoms with Crippen molar-refractivity contribution in [1.29, 1.82) is 0 Å². The fourth-order valence-corrected chi connectivity index (χ4v) is 2.67. The van der Waals surface area contributed by atoms with Gasteiger partial charge < -0.3 is 10.2 Å². The van der Waals surface area contributed by atoms with Gasteiger partial charge in [0.25, 0.3) is 0 Å². The first-order valence-corrected chi connectivity index (χ1v) is 6.37. The first kappa shape index (κ1) is 10.1. The molecule has 16 heavy (non-hydrogen) atoms. The Kier molecular flexibility index (Phi) is 2.79. The highest BCUT2D eigenvalue weighted by atomic mass is 15.2. The van der Waals surface area contributed by atoms with Crippen LogP contribution in [0.25, 0.3) is 0 Å².